The van der Waals surface area contributed by atoms with Crippen LogP contribution in [0.4, 0.5) is 4.39 Å². The van der Waals surface area contributed by atoms with E-state index in [-0.39, 0.29) is 5.56 Å². The molecule has 4 heteroatoms. The van der Waals surface area contributed by atoms with Gasteiger partial charge in [0.25, 0.3) is 0 Å². The molecule has 0 saturated carbocycles. The predicted molar refractivity (Wildman–Crippen MR) is 66.6 cm³/mol. The molecule has 0 spiro atoms. The van der Waals surface area contributed by atoms with E-state index >= 15 is 0 Å². The van der Waals surface area contributed by atoms with Gasteiger partial charge in [0, 0.05) is 11.1 Å². The number of rotatable bonds is 3. The summed E-state index contributed by atoms with van der Waals surface area (Å²) in [5.74, 6) is -0.415. The highest BCUT2D eigenvalue weighted by atomic mass is 19.1. The number of hydrogen-bond acceptors (Lipinski definition) is 3. The zero-order valence-electron chi connectivity index (χ0n) is 10.4. The second-order valence-corrected chi connectivity index (χ2v) is 4.17. The molecule has 1 aromatic carbocycles. The number of aryl methyl sites for hydroxylation is 2. The van der Waals surface area contributed by atoms with Crippen LogP contribution in [0.5, 0.6) is 0 Å². The summed E-state index contributed by atoms with van der Waals surface area (Å²) in [5.41, 5.74) is 2.28. The average Bonchev–Trinajstić information content (AvgIpc) is 2.38. The van der Waals surface area contributed by atoms with E-state index in [9.17, 15) is 9.50 Å². The van der Waals surface area contributed by atoms with Crippen molar-refractivity contribution >= 4 is 0 Å². The molecule has 18 heavy (non-hydrogen) atoms. The summed E-state index contributed by atoms with van der Waals surface area (Å²) in [5, 5.41) is 18.3. The lowest BCUT2D eigenvalue weighted by molar-refractivity contribution is 0.213. The lowest BCUT2D eigenvalue weighted by Crippen LogP contribution is -2.09. The van der Waals surface area contributed by atoms with Crippen molar-refractivity contribution in [1.29, 1.82) is 0 Å². The zero-order valence-corrected chi connectivity index (χ0v) is 10.4. The van der Waals surface area contributed by atoms with Crippen LogP contribution < -0.4 is 0 Å². The van der Waals surface area contributed by atoms with Crippen LogP contribution in [-0.4, -0.2) is 15.3 Å². The van der Waals surface area contributed by atoms with E-state index in [2.05, 4.69) is 10.2 Å². The fourth-order valence-corrected chi connectivity index (χ4v) is 1.91. The first kappa shape index (κ1) is 12.6. The highest BCUT2D eigenvalue weighted by Crippen LogP contribution is 2.26. The third-order valence-corrected chi connectivity index (χ3v) is 2.86. The zero-order chi connectivity index (χ0) is 13.1. The fraction of sp³-hybridized carbons (Fsp3) is 0.286. The molecular formula is C14H15FN2O. The Hall–Kier alpha value is -1.81. The molecule has 2 aromatic rings. The van der Waals surface area contributed by atoms with Crippen LogP contribution in [0.15, 0.2) is 30.3 Å². The standard InChI is InChI=1S/C14H15FN2O/c1-3-13-11(8-9(2)16-17-13)14(18)10-6-4-5-7-12(10)15/h4-8,14,18H,3H2,1-2H3. The quantitative estimate of drug-likeness (QED) is 0.905. The van der Waals surface area contributed by atoms with Crippen LogP contribution >= 0.6 is 0 Å². The van der Waals surface area contributed by atoms with Crippen LogP contribution in [0.1, 0.15) is 35.5 Å². The van der Waals surface area contributed by atoms with Gasteiger partial charge in [0.1, 0.15) is 11.9 Å². The minimum atomic E-state index is -1.00. The van der Waals surface area contributed by atoms with Crippen LogP contribution in [0.25, 0.3) is 0 Å². The third kappa shape index (κ3) is 2.38. The molecule has 0 aliphatic carbocycles. The highest BCUT2D eigenvalue weighted by Gasteiger charge is 2.18. The molecule has 2 rings (SSSR count). The second kappa shape index (κ2) is 5.23. The molecule has 94 valence electrons. The van der Waals surface area contributed by atoms with Gasteiger partial charge in [-0.25, -0.2) is 4.39 Å². The Labute approximate surface area is 105 Å². The van der Waals surface area contributed by atoms with Crippen molar-refractivity contribution in [3.8, 4) is 0 Å². The van der Waals surface area contributed by atoms with E-state index < -0.39 is 11.9 Å². The number of aromatic nitrogens is 2. The van der Waals surface area contributed by atoms with E-state index in [0.29, 0.717) is 23.4 Å². The van der Waals surface area contributed by atoms with E-state index in [1.165, 1.54) is 6.07 Å². The van der Waals surface area contributed by atoms with Gasteiger partial charge in [-0.15, -0.1) is 0 Å². The number of hydrogen-bond donors (Lipinski definition) is 1. The van der Waals surface area contributed by atoms with Gasteiger partial charge in [-0.1, -0.05) is 25.1 Å². The monoisotopic (exact) mass is 246 g/mol. The minimum Gasteiger partial charge on any atom is -0.383 e. The molecule has 0 aliphatic rings. The van der Waals surface area contributed by atoms with Crippen LogP contribution in [-0.2, 0) is 6.42 Å². The maximum atomic E-state index is 13.7. The van der Waals surface area contributed by atoms with Crippen molar-refractivity contribution in [2.24, 2.45) is 0 Å². The number of halogens is 1. The van der Waals surface area contributed by atoms with E-state index in [1.807, 2.05) is 6.92 Å². The first-order valence-corrected chi connectivity index (χ1v) is 5.89. The molecule has 0 radical (unpaired) electrons. The first-order valence-electron chi connectivity index (χ1n) is 5.89. The average molecular weight is 246 g/mol. The fourth-order valence-electron chi connectivity index (χ4n) is 1.91. The van der Waals surface area contributed by atoms with Gasteiger partial charge in [0.2, 0.25) is 0 Å². The van der Waals surface area contributed by atoms with Crippen molar-refractivity contribution < 1.29 is 9.50 Å². The predicted octanol–water partition coefficient (Wildman–Crippen LogP) is 2.57. The topological polar surface area (TPSA) is 46.0 Å². The lowest BCUT2D eigenvalue weighted by Gasteiger charge is -2.15. The van der Waals surface area contributed by atoms with Gasteiger partial charge >= 0.3 is 0 Å². The summed E-state index contributed by atoms with van der Waals surface area (Å²) in [6, 6.07) is 7.97. The van der Waals surface area contributed by atoms with Crippen LogP contribution in [0.3, 0.4) is 0 Å². The van der Waals surface area contributed by atoms with Gasteiger partial charge in [-0.2, -0.15) is 10.2 Å². The molecule has 3 nitrogen and oxygen atoms in total. The molecule has 1 unspecified atom stereocenters. The Balaban J connectivity index is 2.48. The molecule has 1 heterocycles. The summed E-state index contributed by atoms with van der Waals surface area (Å²) in [4.78, 5) is 0. The van der Waals surface area contributed by atoms with Crippen LogP contribution in [0, 0.1) is 12.7 Å². The van der Waals surface area contributed by atoms with Crippen molar-refractivity contribution in [3.05, 3.63) is 58.7 Å². The molecule has 0 amide bonds. The van der Waals surface area contributed by atoms with E-state index in [1.54, 1.807) is 31.2 Å². The maximum absolute atomic E-state index is 13.7. The Kier molecular flexibility index (Phi) is 3.67. The summed E-state index contributed by atoms with van der Waals surface area (Å²) < 4.78 is 13.7. The normalized spacial score (nSPS) is 12.4. The number of aliphatic hydroxyl groups excluding tert-OH is 1. The van der Waals surface area contributed by atoms with Crippen molar-refractivity contribution in [1.82, 2.24) is 10.2 Å². The van der Waals surface area contributed by atoms with Crippen molar-refractivity contribution in [3.63, 3.8) is 0 Å². The lowest BCUT2D eigenvalue weighted by atomic mass is 9.98. The summed E-state index contributed by atoms with van der Waals surface area (Å²) in [7, 11) is 0. The first-order chi connectivity index (χ1) is 8.63. The largest absolute Gasteiger partial charge is 0.383 e. The molecule has 0 aliphatic heterocycles. The Morgan fingerprint density at radius 2 is 1.94 bits per heavy atom. The molecule has 1 N–H and O–H groups in total. The Morgan fingerprint density at radius 3 is 2.61 bits per heavy atom. The summed E-state index contributed by atoms with van der Waals surface area (Å²) in [6.45, 7) is 3.72. The van der Waals surface area contributed by atoms with Crippen LogP contribution in [0.2, 0.25) is 0 Å². The van der Waals surface area contributed by atoms with Gasteiger partial charge in [0.05, 0.1) is 11.4 Å². The molecule has 1 aromatic heterocycles. The van der Waals surface area contributed by atoms with Gasteiger partial charge in [-0.3, -0.25) is 0 Å². The smallest absolute Gasteiger partial charge is 0.129 e. The maximum Gasteiger partial charge on any atom is 0.129 e. The Bertz CT molecular complexity index is 557. The summed E-state index contributed by atoms with van der Waals surface area (Å²) in [6.07, 6.45) is -0.357. The summed E-state index contributed by atoms with van der Waals surface area (Å²) >= 11 is 0. The Morgan fingerprint density at radius 1 is 1.22 bits per heavy atom. The second-order valence-electron chi connectivity index (χ2n) is 4.17. The molecule has 0 bridgehead atoms. The van der Waals surface area contributed by atoms with E-state index in [4.69, 9.17) is 0 Å². The number of benzene rings is 1. The molecule has 1 atom stereocenters. The van der Waals surface area contributed by atoms with Crippen molar-refractivity contribution in [2.45, 2.75) is 26.4 Å². The van der Waals surface area contributed by atoms with Gasteiger partial charge in [-0.05, 0) is 25.5 Å². The number of aliphatic hydroxyl groups is 1. The molecular weight excluding hydrogens is 231 g/mol. The number of nitrogens with zero attached hydrogens (tertiary/aromatic N) is 2. The molecule has 0 saturated heterocycles. The third-order valence-electron chi connectivity index (χ3n) is 2.86. The SMILES string of the molecule is CCc1nnc(C)cc1C(O)c1ccccc1F. The van der Waals surface area contributed by atoms with Gasteiger partial charge in [0.15, 0.2) is 0 Å². The molecule has 0 fully saturated rings. The minimum absolute atomic E-state index is 0.264. The van der Waals surface area contributed by atoms with E-state index in [0.717, 1.165) is 0 Å². The van der Waals surface area contributed by atoms with Crippen molar-refractivity contribution in [2.75, 3.05) is 0 Å². The van der Waals surface area contributed by atoms with Gasteiger partial charge < -0.3 is 5.11 Å². The highest BCUT2D eigenvalue weighted by molar-refractivity contribution is 5.33.